The number of carbonyl (C=O) groups excluding carboxylic acids is 1. The molecule has 0 radical (unpaired) electrons. The number of rotatable bonds is 5. The summed E-state index contributed by atoms with van der Waals surface area (Å²) in [6.45, 7) is 8.55. The van der Waals surface area contributed by atoms with Crippen LogP contribution in [0.2, 0.25) is 10.0 Å². The van der Waals surface area contributed by atoms with Gasteiger partial charge in [-0.25, -0.2) is 0 Å². The maximum atomic E-state index is 12.0. The second kappa shape index (κ2) is 8.28. The molecule has 146 valence electrons. The molecule has 2 nitrogen and oxygen atoms in total. The van der Waals surface area contributed by atoms with Crippen molar-refractivity contribution in [3.05, 3.63) is 68.5 Å². The zero-order chi connectivity index (χ0) is 20.6. The van der Waals surface area contributed by atoms with Crippen LogP contribution in [0.1, 0.15) is 60.3 Å². The van der Waals surface area contributed by atoms with Crippen molar-refractivity contribution in [3.63, 3.8) is 0 Å². The standard InChI is InChI=1S/C23H23Cl2NOS/c1-12(2)18-9-14(24)5-7-16(18)20-11-21(23(26)27)28-22(20)17-8-6-15(25)10-19(17)13(3)4/h5-13H,1-4H3,(H2,26,27). The van der Waals surface area contributed by atoms with Gasteiger partial charge < -0.3 is 5.73 Å². The second-order valence-electron chi connectivity index (χ2n) is 7.49. The van der Waals surface area contributed by atoms with Gasteiger partial charge >= 0.3 is 0 Å². The van der Waals surface area contributed by atoms with Crippen LogP contribution in [0.4, 0.5) is 0 Å². The average molecular weight is 432 g/mol. The van der Waals surface area contributed by atoms with E-state index in [4.69, 9.17) is 28.9 Å². The largest absolute Gasteiger partial charge is 0.365 e. The molecule has 0 atom stereocenters. The first-order valence-electron chi connectivity index (χ1n) is 9.22. The van der Waals surface area contributed by atoms with E-state index in [9.17, 15) is 4.79 Å². The summed E-state index contributed by atoms with van der Waals surface area (Å²) in [6, 6.07) is 13.7. The Bertz CT molecular complexity index is 962. The van der Waals surface area contributed by atoms with E-state index in [-0.39, 0.29) is 11.8 Å². The van der Waals surface area contributed by atoms with E-state index < -0.39 is 5.91 Å². The van der Waals surface area contributed by atoms with Crippen LogP contribution in [0.5, 0.6) is 0 Å². The van der Waals surface area contributed by atoms with Gasteiger partial charge in [0, 0.05) is 20.5 Å². The van der Waals surface area contributed by atoms with Crippen LogP contribution < -0.4 is 5.73 Å². The highest BCUT2D eigenvalue weighted by atomic mass is 35.5. The van der Waals surface area contributed by atoms with Gasteiger partial charge in [-0.1, -0.05) is 63.0 Å². The topological polar surface area (TPSA) is 43.1 Å². The molecule has 5 heteroatoms. The van der Waals surface area contributed by atoms with Gasteiger partial charge in [-0.15, -0.1) is 11.3 Å². The zero-order valence-corrected chi connectivity index (χ0v) is 18.7. The number of amides is 1. The molecule has 2 aromatic carbocycles. The molecule has 0 saturated heterocycles. The van der Waals surface area contributed by atoms with Crippen molar-refractivity contribution in [2.45, 2.75) is 39.5 Å². The van der Waals surface area contributed by atoms with Crippen molar-refractivity contribution in [3.8, 4) is 21.6 Å². The number of primary amides is 1. The number of hydrogen-bond donors (Lipinski definition) is 1. The first-order chi connectivity index (χ1) is 13.2. The summed E-state index contributed by atoms with van der Waals surface area (Å²) in [6.07, 6.45) is 0. The molecule has 2 N–H and O–H groups in total. The minimum atomic E-state index is -0.419. The summed E-state index contributed by atoms with van der Waals surface area (Å²) in [4.78, 5) is 13.5. The Kier molecular flexibility index (Phi) is 6.18. The van der Waals surface area contributed by atoms with Crippen molar-refractivity contribution in [1.29, 1.82) is 0 Å². The molecule has 0 spiro atoms. The van der Waals surface area contributed by atoms with Crippen LogP contribution in [0, 0.1) is 0 Å². The number of benzene rings is 2. The first kappa shape index (κ1) is 20.9. The third-order valence-corrected chi connectivity index (χ3v) is 6.43. The second-order valence-corrected chi connectivity index (χ2v) is 9.42. The van der Waals surface area contributed by atoms with Gasteiger partial charge in [-0.05, 0) is 64.4 Å². The lowest BCUT2D eigenvalue weighted by Gasteiger charge is -2.17. The molecule has 28 heavy (non-hydrogen) atoms. The van der Waals surface area contributed by atoms with Gasteiger partial charge in [0.1, 0.15) is 0 Å². The number of nitrogens with two attached hydrogens (primary N) is 1. The van der Waals surface area contributed by atoms with Crippen LogP contribution in [-0.2, 0) is 0 Å². The van der Waals surface area contributed by atoms with Crippen LogP contribution in [0.15, 0.2) is 42.5 Å². The molecule has 0 aliphatic carbocycles. The van der Waals surface area contributed by atoms with E-state index in [1.54, 1.807) is 0 Å². The SMILES string of the molecule is CC(C)c1cc(Cl)ccc1-c1cc(C(N)=O)sc1-c1ccc(Cl)cc1C(C)C. The molecule has 0 fully saturated rings. The number of halogens is 2. The predicted octanol–water partition coefficient (Wildman–Crippen LogP) is 7.73. The van der Waals surface area contributed by atoms with E-state index in [1.807, 2.05) is 42.5 Å². The summed E-state index contributed by atoms with van der Waals surface area (Å²) in [5, 5.41) is 1.41. The quantitative estimate of drug-likeness (QED) is 0.440. The minimum absolute atomic E-state index is 0.285. The smallest absolute Gasteiger partial charge is 0.258 e. The van der Waals surface area contributed by atoms with Gasteiger partial charge in [-0.2, -0.15) is 0 Å². The van der Waals surface area contributed by atoms with Gasteiger partial charge in [0.05, 0.1) is 4.88 Å². The van der Waals surface area contributed by atoms with Gasteiger partial charge in [0.25, 0.3) is 5.91 Å². The summed E-state index contributed by atoms with van der Waals surface area (Å²) >= 11 is 13.9. The molecular weight excluding hydrogens is 409 g/mol. The van der Waals surface area contributed by atoms with Crippen LogP contribution in [0.25, 0.3) is 21.6 Å². The Hall–Kier alpha value is -1.81. The van der Waals surface area contributed by atoms with Crippen molar-refractivity contribution in [2.75, 3.05) is 0 Å². The third-order valence-electron chi connectivity index (χ3n) is 4.78. The number of hydrogen-bond acceptors (Lipinski definition) is 2. The molecule has 0 aliphatic rings. The fraction of sp³-hybridized carbons (Fsp3) is 0.261. The Morgan fingerprint density at radius 2 is 1.32 bits per heavy atom. The molecule has 1 heterocycles. The van der Waals surface area contributed by atoms with Crippen molar-refractivity contribution in [1.82, 2.24) is 0 Å². The van der Waals surface area contributed by atoms with Gasteiger partial charge in [0.2, 0.25) is 0 Å². The number of thiophene rings is 1. The lowest BCUT2D eigenvalue weighted by molar-refractivity contribution is 0.100. The molecule has 0 aliphatic heterocycles. The highest BCUT2D eigenvalue weighted by Crippen LogP contribution is 2.45. The Morgan fingerprint density at radius 3 is 1.82 bits per heavy atom. The average Bonchev–Trinajstić information content (AvgIpc) is 3.06. The molecule has 3 rings (SSSR count). The van der Waals surface area contributed by atoms with E-state index in [0.717, 1.165) is 32.7 Å². The molecule has 0 bridgehead atoms. The van der Waals surface area contributed by atoms with E-state index in [1.165, 1.54) is 11.3 Å². The number of carbonyl (C=O) groups is 1. The van der Waals surface area contributed by atoms with Crippen LogP contribution in [-0.4, -0.2) is 5.91 Å². The third kappa shape index (κ3) is 4.12. The van der Waals surface area contributed by atoms with E-state index in [0.29, 0.717) is 14.9 Å². The Balaban J connectivity index is 2.33. The maximum Gasteiger partial charge on any atom is 0.258 e. The van der Waals surface area contributed by atoms with Crippen molar-refractivity contribution in [2.24, 2.45) is 5.73 Å². The fourth-order valence-corrected chi connectivity index (χ4v) is 4.82. The molecule has 0 unspecified atom stereocenters. The highest BCUT2D eigenvalue weighted by molar-refractivity contribution is 7.18. The fourth-order valence-electron chi connectivity index (χ4n) is 3.39. The summed E-state index contributed by atoms with van der Waals surface area (Å²) in [7, 11) is 0. The molecule has 0 saturated carbocycles. The van der Waals surface area contributed by atoms with E-state index in [2.05, 4.69) is 27.7 Å². The molecule has 1 amide bonds. The van der Waals surface area contributed by atoms with Crippen LogP contribution in [0.3, 0.4) is 0 Å². The van der Waals surface area contributed by atoms with Gasteiger partial charge in [0.15, 0.2) is 0 Å². The predicted molar refractivity (Wildman–Crippen MR) is 122 cm³/mol. The molecular formula is C23H23Cl2NOS. The normalized spacial score (nSPS) is 11.4. The molecule has 1 aromatic heterocycles. The first-order valence-corrected chi connectivity index (χ1v) is 10.8. The monoisotopic (exact) mass is 431 g/mol. The molecule has 3 aromatic rings. The van der Waals surface area contributed by atoms with Crippen molar-refractivity contribution < 1.29 is 4.79 Å². The van der Waals surface area contributed by atoms with Crippen molar-refractivity contribution >= 4 is 40.4 Å². The zero-order valence-electron chi connectivity index (χ0n) is 16.3. The summed E-state index contributed by atoms with van der Waals surface area (Å²) in [5.74, 6) is 0.154. The lowest BCUT2D eigenvalue weighted by atomic mass is 9.89. The minimum Gasteiger partial charge on any atom is -0.365 e. The Morgan fingerprint density at radius 1 is 0.821 bits per heavy atom. The Labute approximate surface area is 180 Å². The van der Waals surface area contributed by atoms with E-state index >= 15 is 0 Å². The van der Waals surface area contributed by atoms with Gasteiger partial charge in [-0.3, -0.25) is 4.79 Å². The van der Waals surface area contributed by atoms with Crippen LogP contribution >= 0.6 is 34.5 Å². The summed E-state index contributed by atoms with van der Waals surface area (Å²) < 4.78 is 0. The lowest BCUT2D eigenvalue weighted by Crippen LogP contribution is -2.08. The summed E-state index contributed by atoms with van der Waals surface area (Å²) in [5.41, 5.74) is 11.1. The maximum absolute atomic E-state index is 12.0. The highest BCUT2D eigenvalue weighted by Gasteiger charge is 2.21.